The van der Waals surface area contributed by atoms with E-state index >= 15 is 0 Å². The lowest BCUT2D eigenvalue weighted by atomic mass is 10.1. The predicted octanol–water partition coefficient (Wildman–Crippen LogP) is 5.39. The Bertz CT molecular complexity index is 1090. The van der Waals surface area contributed by atoms with Gasteiger partial charge >= 0.3 is 0 Å². The summed E-state index contributed by atoms with van der Waals surface area (Å²) in [6.07, 6.45) is 1.60. The van der Waals surface area contributed by atoms with E-state index in [-0.39, 0.29) is 5.91 Å². The van der Waals surface area contributed by atoms with Crippen molar-refractivity contribution in [2.75, 3.05) is 0 Å². The molecule has 0 fully saturated rings. The van der Waals surface area contributed by atoms with Crippen molar-refractivity contribution < 1.29 is 18.0 Å². The van der Waals surface area contributed by atoms with Crippen LogP contribution in [0, 0.1) is 20.8 Å². The molecule has 0 N–H and O–H groups in total. The van der Waals surface area contributed by atoms with Crippen LogP contribution in [0.4, 0.5) is 0 Å². The molecule has 0 aliphatic rings. The normalized spacial score (nSPS) is 11.2. The van der Waals surface area contributed by atoms with Crippen molar-refractivity contribution in [2.24, 2.45) is 0 Å². The number of nitrogens with zero attached hydrogens (tertiary/aromatic N) is 1. The van der Waals surface area contributed by atoms with Crippen LogP contribution in [-0.4, -0.2) is 10.8 Å². The summed E-state index contributed by atoms with van der Waals surface area (Å²) in [5.41, 5.74) is 2.66. The lowest BCUT2D eigenvalue weighted by molar-refractivity contribution is 0.0673. The summed E-state index contributed by atoms with van der Waals surface area (Å²) in [6, 6.07) is 13.4. The highest BCUT2D eigenvalue weighted by Gasteiger charge is 2.25. The molecule has 138 valence electrons. The van der Waals surface area contributed by atoms with Gasteiger partial charge in [-0.25, -0.2) is 0 Å². The van der Waals surface area contributed by atoms with Crippen LogP contribution in [-0.2, 0) is 13.1 Å². The van der Waals surface area contributed by atoms with Gasteiger partial charge in [0, 0.05) is 10.9 Å². The fourth-order valence-electron chi connectivity index (χ4n) is 3.23. The Kier molecular flexibility index (Phi) is 4.36. The third-order valence-corrected chi connectivity index (χ3v) is 4.64. The molecule has 1 aromatic carbocycles. The van der Waals surface area contributed by atoms with Gasteiger partial charge in [-0.05, 0) is 56.7 Å². The van der Waals surface area contributed by atoms with Crippen molar-refractivity contribution in [2.45, 2.75) is 33.9 Å². The Labute approximate surface area is 157 Å². The average molecular weight is 363 g/mol. The van der Waals surface area contributed by atoms with E-state index in [2.05, 4.69) is 0 Å². The maximum Gasteiger partial charge on any atom is 0.290 e. The molecule has 0 spiro atoms. The molecule has 0 radical (unpaired) electrons. The zero-order chi connectivity index (χ0) is 19.0. The first-order valence-corrected chi connectivity index (χ1v) is 8.88. The smallest absolute Gasteiger partial charge is 0.290 e. The number of amides is 1. The van der Waals surface area contributed by atoms with Crippen LogP contribution in [0.5, 0.6) is 0 Å². The summed E-state index contributed by atoms with van der Waals surface area (Å²) in [5.74, 6) is 2.40. The Morgan fingerprint density at radius 2 is 1.78 bits per heavy atom. The average Bonchev–Trinajstić information content (AvgIpc) is 3.36. The van der Waals surface area contributed by atoms with E-state index in [0.717, 1.165) is 33.6 Å². The van der Waals surface area contributed by atoms with Gasteiger partial charge in [-0.15, -0.1) is 0 Å². The number of carbonyl (C=O) groups is 1. The van der Waals surface area contributed by atoms with Crippen molar-refractivity contribution in [3.05, 3.63) is 82.9 Å². The first-order chi connectivity index (χ1) is 13.0. The summed E-state index contributed by atoms with van der Waals surface area (Å²) >= 11 is 0. The Morgan fingerprint density at radius 1 is 0.963 bits per heavy atom. The molecule has 0 aliphatic heterocycles. The molecule has 27 heavy (non-hydrogen) atoms. The van der Waals surface area contributed by atoms with Crippen LogP contribution in [0.25, 0.3) is 11.0 Å². The van der Waals surface area contributed by atoms with E-state index in [0.29, 0.717) is 24.6 Å². The minimum Gasteiger partial charge on any atom is -0.467 e. The molecule has 4 aromatic rings. The largest absolute Gasteiger partial charge is 0.467 e. The van der Waals surface area contributed by atoms with Crippen LogP contribution in [0.1, 0.15) is 39.0 Å². The first-order valence-electron chi connectivity index (χ1n) is 8.88. The molecule has 0 saturated carbocycles. The fourth-order valence-corrected chi connectivity index (χ4v) is 3.23. The van der Waals surface area contributed by atoms with E-state index in [1.165, 1.54) is 0 Å². The second-order valence-electron chi connectivity index (χ2n) is 6.81. The Morgan fingerprint density at radius 3 is 2.48 bits per heavy atom. The van der Waals surface area contributed by atoms with Gasteiger partial charge in [-0.2, -0.15) is 0 Å². The number of furan rings is 3. The van der Waals surface area contributed by atoms with Crippen molar-refractivity contribution >= 4 is 16.9 Å². The van der Waals surface area contributed by atoms with E-state index in [1.54, 1.807) is 11.2 Å². The highest BCUT2D eigenvalue weighted by Crippen LogP contribution is 2.28. The van der Waals surface area contributed by atoms with Gasteiger partial charge in [0.05, 0.1) is 19.4 Å². The van der Waals surface area contributed by atoms with E-state index in [4.69, 9.17) is 13.3 Å². The molecular weight excluding hydrogens is 342 g/mol. The highest BCUT2D eigenvalue weighted by molar-refractivity contribution is 5.99. The minimum absolute atomic E-state index is 0.188. The summed E-state index contributed by atoms with van der Waals surface area (Å²) in [6.45, 7) is 6.47. The number of hydrogen-bond donors (Lipinski definition) is 0. The molecule has 0 unspecified atom stereocenters. The third-order valence-electron chi connectivity index (χ3n) is 4.64. The van der Waals surface area contributed by atoms with Gasteiger partial charge < -0.3 is 18.2 Å². The van der Waals surface area contributed by atoms with E-state index < -0.39 is 0 Å². The van der Waals surface area contributed by atoms with Gasteiger partial charge in [0.25, 0.3) is 5.91 Å². The van der Waals surface area contributed by atoms with Gasteiger partial charge in [0.15, 0.2) is 5.76 Å². The van der Waals surface area contributed by atoms with Gasteiger partial charge in [0.2, 0.25) is 0 Å². The molecular formula is C22H21NO4. The quantitative estimate of drug-likeness (QED) is 0.477. The molecule has 0 saturated heterocycles. The minimum atomic E-state index is -0.188. The zero-order valence-corrected chi connectivity index (χ0v) is 15.6. The van der Waals surface area contributed by atoms with Crippen LogP contribution in [0.3, 0.4) is 0 Å². The van der Waals surface area contributed by atoms with Gasteiger partial charge in [-0.3, -0.25) is 4.79 Å². The maximum atomic E-state index is 13.3. The Hall–Kier alpha value is -3.21. The van der Waals surface area contributed by atoms with Crippen molar-refractivity contribution in [3.63, 3.8) is 0 Å². The number of carbonyl (C=O) groups excluding carboxylic acids is 1. The number of aryl methyl sites for hydroxylation is 3. The molecule has 0 atom stereocenters. The van der Waals surface area contributed by atoms with Crippen molar-refractivity contribution in [1.82, 2.24) is 4.90 Å². The van der Waals surface area contributed by atoms with Crippen molar-refractivity contribution in [1.29, 1.82) is 0 Å². The molecule has 5 nitrogen and oxygen atoms in total. The van der Waals surface area contributed by atoms with Crippen LogP contribution >= 0.6 is 0 Å². The molecule has 3 aromatic heterocycles. The van der Waals surface area contributed by atoms with Gasteiger partial charge in [-0.1, -0.05) is 12.1 Å². The standard InChI is InChI=1S/C22H21NO4/c1-14-6-9-19-16(3)21(27-20(19)11-14)22(24)23(12-17-5-4-10-25-17)13-18-8-7-15(2)26-18/h4-11H,12-13H2,1-3H3. The van der Waals surface area contributed by atoms with E-state index in [9.17, 15) is 4.79 Å². The first kappa shape index (κ1) is 17.2. The van der Waals surface area contributed by atoms with Crippen LogP contribution in [0.15, 0.2) is 62.0 Å². The lowest BCUT2D eigenvalue weighted by Crippen LogP contribution is -2.30. The summed E-state index contributed by atoms with van der Waals surface area (Å²) in [4.78, 5) is 15.0. The number of hydrogen-bond acceptors (Lipinski definition) is 4. The topological polar surface area (TPSA) is 59.7 Å². The fraction of sp³-hybridized carbons (Fsp3) is 0.227. The predicted molar refractivity (Wildman–Crippen MR) is 101 cm³/mol. The van der Waals surface area contributed by atoms with E-state index in [1.807, 2.05) is 63.2 Å². The summed E-state index contributed by atoms with van der Waals surface area (Å²) < 4.78 is 17.0. The summed E-state index contributed by atoms with van der Waals surface area (Å²) in [5, 5.41) is 0.954. The second kappa shape index (κ2) is 6.83. The maximum absolute atomic E-state index is 13.3. The molecule has 4 rings (SSSR count). The number of rotatable bonds is 5. The number of benzene rings is 1. The Balaban J connectivity index is 1.70. The molecule has 5 heteroatoms. The zero-order valence-electron chi connectivity index (χ0n) is 15.6. The third kappa shape index (κ3) is 3.40. The van der Waals surface area contributed by atoms with Crippen molar-refractivity contribution in [3.8, 4) is 0 Å². The number of fused-ring (bicyclic) bond motifs is 1. The molecule has 0 bridgehead atoms. The second-order valence-corrected chi connectivity index (χ2v) is 6.81. The summed E-state index contributed by atoms with van der Waals surface area (Å²) in [7, 11) is 0. The molecule has 0 aliphatic carbocycles. The SMILES string of the molecule is Cc1ccc2c(C)c(C(=O)N(Cc3ccco3)Cc3ccc(C)o3)oc2c1. The van der Waals surface area contributed by atoms with Gasteiger partial charge in [0.1, 0.15) is 22.9 Å². The highest BCUT2D eigenvalue weighted by atomic mass is 16.4. The lowest BCUT2D eigenvalue weighted by Gasteiger charge is -2.19. The van der Waals surface area contributed by atoms with Crippen LogP contribution in [0.2, 0.25) is 0 Å². The monoisotopic (exact) mass is 363 g/mol. The molecule has 3 heterocycles. The molecule has 1 amide bonds. The van der Waals surface area contributed by atoms with Crippen LogP contribution < -0.4 is 0 Å².